The van der Waals surface area contributed by atoms with E-state index in [1.54, 1.807) is 24.4 Å². The Kier molecular flexibility index (Phi) is 5.66. The van der Waals surface area contributed by atoms with Gasteiger partial charge in [0.2, 0.25) is 5.91 Å². The number of hydrogen-bond acceptors (Lipinski definition) is 3. The largest absolute Gasteiger partial charge is 0.332 e. The molecular weight excluding hydrogens is 395 g/mol. The number of nitrogens with zero attached hydrogens (tertiary/aromatic N) is 2. The van der Waals surface area contributed by atoms with Crippen LogP contribution >= 0.6 is 0 Å². The van der Waals surface area contributed by atoms with Crippen molar-refractivity contribution in [3.8, 4) is 0 Å². The lowest BCUT2D eigenvalue weighted by molar-refractivity contribution is -0.121. The highest BCUT2D eigenvalue weighted by Crippen LogP contribution is 2.32. The molecule has 2 aromatic carbocycles. The van der Waals surface area contributed by atoms with E-state index in [0.29, 0.717) is 16.8 Å². The van der Waals surface area contributed by atoms with Crippen LogP contribution in [0.5, 0.6) is 0 Å². The lowest BCUT2D eigenvalue weighted by Crippen LogP contribution is -2.32. The second kappa shape index (κ2) is 8.55. The lowest BCUT2D eigenvalue weighted by Gasteiger charge is -2.24. The van der Waals surface area contributed by atoms with Gasteiger partial charge < -0.3 is 10.6 Å². The second-order valence-electron chi connectivity index (χ2n) is 7.50. The Balaban J connectivity index is 1.67. The molecule has 1 unspecified atom stereocenters. The number of nitrogens with one attached hydrogen (secondary N) is 2. The molecule has 1 aromatic heterocycles. The van der Waals surface area contributed by atoms with Crippen molar-refractivity contribution in [2.75, 3.05) is 5.32 Å². The van der Waals surface area contributed by atoms with Crippen LogP contribution in [0.4, 0.5) is 10.1 Å². The minimum Gasteiger partial charge on any atom is -0.332 e. The number of aryl methyl sites for hydroxylation is 1. The number of carbonyl (C=O) groups is 2. The Morgan fingerprint density at radius 3 is 2.84 bits per heavy atom. The van der Waals surface area contributed by atoms with Crippen LogP contribution in [0.1, 0.15) is 36.8 Å². The van der Waals surface area contributed by atoms with E-state index in [1.807, 2.05) is 16.8 Å². The summed E-state index contributed by atoms with van der Waals surface area (Å²) in [6, 6.07) is 9.69. The third-order valence-corrected chi connectivity index (χ3v) is 5.40. The van der Waals surface area contributed by atoms with Gasteiger partial charge in [0.05, 0.1) is 17.4 Å². The number of rotatable bonds is 6. The molecule has 3 aromatic rings. The fraction of sp³-hybridized carbons (Fsp3) is 0.208. The summed E-state index contributed by atoms with van der Waals surface area (Å²) in [6.07, 6.45) is 5.96. The van der Waals surface area contributed by atoms with Crippen LogP contribution in [0.25, 0.3) is 17.0 Å². The number of amides is 2. The molecule has 1 atom stereocenters. The molecule has 1 aliphatic rings. The molecule has 0 saturated heterocycles. The number of carbonyl (C=O) groups excluding carboxylic acids is 2. The smallest absolute Gasteiger partial charge is 0.253 e. The van der Waals surface area contributed by atoms with E-state index in [4.69, 9.17) is 0 Å². The number of anilines is 1. The first-order chi connectivity index (χ1) is 15.0. The standard InChI is InChI=1S/C24H23FN4O2/c1-3-9-29-22-12-21(15(4-2)10-17(22)13-27-29)28-24(31)20-14-26-23(30)11-19(20)16-5-7-18(25)8-6-16/h4-8,10,12-14,19H,2-3,9,11H2,1H3,(H,26,30)(H,28,31). The highest BCUT2D eigenvalue weighted by Gasteiger charge is 2.29. The van der Waals surface area contributed by atoms with Gasteiger partial charge in [-0.15, -0.1) is 0 Å². The van der Waals surface area contributed by atoms with E-state index in [2.05, 4.69) is 29.2 Å². The number of aromatic nitrogens is 2. The van der Waals surface area contributed by atoms with Crippen LogP contribution in [0.15, 0.2) is 60.9 Å². The third-order valence-electron chi connectivity index (χ3n) is 5.40. The molecule has 0 bridgehead atoms. The predicted molar refractivity (Wildman–Crippen MR) is 119 cm³/mol. The number of hydrogen-bond donors (Lipinski definition) is 2. The van der Waals surface area contributed by atoms with Gasteiger partial charge in [0.15, 0.2) is 0 Å². The maximum absolute atomic E-state index is 13.4. The number of fused-ring (bicyclic) bond motifs is 1. The molecule has 2 amide bonds. The van der Waals surface area contributed by atoms with Crippen LogP contribution in [-0.4, -0.2) is 21.6 Å². The monoisotopic (exact) mass is 418 g/mol. The van der Waals surface area contributed by atoms with Crippen molar-refractivity contribution in [2.45, 2.75) is 32.2 Å². The summed E-state index contributed by atoms with van der Waals surface area (Å²) >= 11 is 0. The van der Waals surface area contributed by atoms with E-state index >= 15 is 0 Å². The van der Waals surface area contributed by atoms with E-state index in [0.717, 1.165) is 29.4 Å². The highest BCUT2D eigenvalue weighted by atomic mass is 19.1. The zero-order valence-corrected chi connectivity index (χ0v) is 17.2. The molecule has 2 N–H and O–H groups in total. The average molecular weight is 418 g/mol. The van der Waals surface area contributed by atoms with Crippen LogP contribution in [-0.2, 0) is 16.1 Å². The normalized spacial score (nSPS) is 16.0. The maximum atomic E-state index is 13.4. The van der Waals surface area contributed by atoms with Crippen LogP contribution in [0, 0.1) is 5.82 Å². The molecule has 0 aliphatic carbocycles. The van der Waals surface area contributed by atoms with E-state index < -0.39 is 5.92 Å². The van der Waals surface area contributed by atoms with Crippen molar-refractivity contribution >= 4 is 34.5 Å². The first-order valence-electron chi connectivity index (χ1n) is 10.2. The maximum Gasteiger partial charge on any atom is 0.253 e. The minimum atomic E-state index is -0.462. The van der Waals surface area contributed by atoms with Gasteiger partial charge in [-0.05, 0) is 41.8 Å². The first-order valence-corrected chi connectivity index (χ1v) is 10.2. The van der Waals surface area contributed by atoms with Crippen LogP contribution < -0.4 is 10.6 Å². The Morgan fingerprint density at radius 1 is 1.35 bits per heavy atom. The zero-order chi connectivity index (χ0) is 22.0. The zero-order valence-electron chi connectivity index (χ0n) is 17.2. The summed E-state index contributed by atoms with van der Waals surface area (Å²) in [5, 5.41) is 11.0. The van der Waals surface area contributed by atoms with E-state index in [9.17, 15) is 14.0 Å². The fourth-order valence-electron chi connectivity index (χ4n) is 3.83. The predicted octanol–water partition coefficient (Wildman–Crippen LogP) is 4.35. The number of benzene rings is 2. The van der Waals surface area contributed by atoms with Gasteiger partial charge in [-0.25, -0.2) is 4.39 Å². The van der Waals surface area contributed by atoms with Crippen molar-refractivity contribution in [3.63, 3.8) is 0 Å². The Hall–Kier alpha value is -3.74. The lowest BCUT2D eigenvalue weighted by atomic mass is 9.86. The van der Waals surface area contributed by atoms with Gasteiger partial charge in [-0.1, -0.05) is 31.7 Å². The topological polar surface area (TPSA) is 76.0 Å². The van der Waals surface area contributed by atoms with Gasteiger partial charge in [0.25, 0.3) is 5.91 Å². The van der Waals surface area contributed by atoms with Gasteiger partial charge in [0.1, 0.15) is 5.82 Å². The molecule has 0 spiro atoms. The SMILES string of the molecule is C=Cc1cc2cnn(CCC)c2cc1NC(=O)C1=CNC(=O)CC1c1ccc(F)cc1. The molecular formula is C24H23FN4O2. The second-order valence-corrected chi connectivity index (χ2v) is 7.50. The number of halogens is 1. The van der Waals surface area contributed by atoms with E-state index in [1.165, 1.54) is 18.3 Å². The van der Waals surface area contributed by atoms with Gasteiger partial charge in [-0.2, -0.15) is 5.10 Å². The summed E-state index contributed by atoms with van der Waals surface area (Å²) in [5.74, 6) is -1.36. The van der Waals surface area contributed by atoms with Crippen molar-refractivity contribution in [2.24, 2.45) is 0 Å². The molecule has 158 valence electrons. The molecule has 1 aliphatic heterocycles. The van der Waals surface area contributed by atoms with Crippen LogP contribution in [0.3, 0.4) is 0 Å². The van der Waals surface area contributed by atoms with Crippen molar-refractivity contribution in [1.29, 1.82) is 0 Å². The van der Waals surface area contributed by atoms with Crippen LogP contribution in [0.2, 0.25) is 0 Å². The summed E-state index contributed by atoms with van der Waals surface area (Å²) in [6.45, 7) is 6.71. The Labute approximate surface area is 179 Å². The quantitative estimate of drug-likeness (QED) is 0.625. The van der Waals surface area contributed by atoms with Crippen molar-refractivity contribution in [3.05, 3.63) is 77.9 Å². The fourth-order valence-corrected chi connectivity index (χ4v) is 3.83. The molecule has 2 heterocycles. The molecule has 6 nitrogen and oxygen atoms in total. The molecule has 0 fully saturated rings. The summed E-state index contributed by atoms with van der Waals surface area (Å²) in [7, 11) is 0. The molecule has 0 radical (unpaired) electrons. The molecule has 7 heteroatoms. The highest BCUT2D eigenvalue weighted by molar-refractivity contribution is 6.08. The molecule has 0 saturated carbocycles. The van der Waals surface area contributed by atoms with E-state index in [-0.39, 0.29) is 24.1 Å². The molecule has 4 rings (SSSR count). The van der Waals surface area contributed by atoms with Gasteiger partial charge in [-0.3, -0.25) is 14.3 Å². The summed E-state index contributed by atoms with van der Waals surface area (Å²) in [5.41, 5.74) is 3.42. The Bertz CT molecular complexity index is 1190. The van der Waals surface area contributed by atoms with Gasteiger partial charge >= 0.3 is 0 Å². The molecule has 31 heavy (non-hydrogen) atoms. The summed E-state index contributed by atoms with van der Waals surface area (Å²) < 4.78 is 15.3. The third kappa shape index (κ3) is 4.12. The van der Waals surface area contributed by atoms with Crippen molar-refractivity contribution < 1.29 is 14.0 Å². The average Bonchev–Trinajstić information content (AvgIpc) is 3.15. The summed E-state index contributed by atoms with van der Waals surface area (Å²) in [4.78, 5) is 25.2. The van der Waals surface area contributed by atoms with Gasteiger partial charge in [0, 0.05) is 36.0 Å². The minimum absolute atomic E-state index is 0.113. The Morgan fingerprint density at radius 2 is 2.13 bits per heavy atom. The van der Waals surface area contributed by atoms with Crippen molar-refractivity contribution in [1.82, 2.24) is 15.1 Å². The first kappa shape index (κ1) is 20.5.